The molecule has 1 fully saturated rings. The largest absolute Gasteiger partial charge is 0.508 e. The summed E-state index contributed by atoms with van der Waals surface area (Å²) in [4.78, 5) is 0. The van der Waals surface area contributed by atoms with Crippen molar-refractivity contribution < 1.29 is 13.9 Å². The monoisotopic (exact) mass is 358 g/mol. The molecule has 140 valence electrons. The molecule has 0 aliphatic heterocycles. The minimum absolute atomic E-state index is 0.121. The highest BCUT2D eigenvalue weighted by atomic mass is 19.1. The van der Waals surface area contributed by atoms with E-state index in [0.29, 0.717) is 11.7 Å². The summed E-state index contributed by atoms with van der Waals surface area (Å²) < 4.78 is 27.6. The van der Waals surface area contributed by atoms with Crippen LogP contribution in [-0.2, 0) is 6.42 Å². The van der Waals surface area contributed by atoms with Crippen LogP contribution in [-0.4, -0.2) is 5.11 Å². The van der Waals surface area contributed by atoms with Crippen LogP contribution >= 0.6 is 0 Å². The topological polar surface area (TPSA) is 20.2 Å². The maximum atomic E-state index is 13.8. The van der Waals surface area contributed by atoms with Crippen LogP contribution in [0.1, 0.15) is 67.6 Å². The van der Waals surface area contributed by atoms with E-state index in [4.69, 9.17) is 0 Å². The van der Waals surface area contributed by atoms with E-state index in [1.807, 2.05) is 12.1 Å². The fraction of sp³-hybridized carbons (Fsp3) is 0.478. The predicted octanol–water partition coefficient (Wildman–Crippen LogP) is 6.67. The molecule has 0 amide bonds. The van der Waals surface area contributed by atoms with Gasteiger partial charge in [0, 0.05) is 5.56 Å². The zero-order chi connectivity index (χ0) is 18.5. The molecule has 26 heavy (non-hydrogen) atoms. The van der Waals surface area contributed by atoms with E-state index in [9.17, 15) is 13.9 Å². The molecule has 0 unspecified atom stereocenters. The Kier molecular flexibility index (Phi) is 6.29. The summed E-state index contributed by atoms with van der Waals surface area (Å²) in [7, 11) is 0. The molecule has 0 spiro atoms. The third-order valence-corrected chi connectivity index (χ3v) is 5.89. The smallest absolute Gasteiger partial charge is 0.129 e. The second-order valence-corrected chi connectivity index (χ2v) is 7.74. The number of phenolic OH excluding ortho intramolecular Hbond substituents is 1. The van der Waals surface area contributed by atoms with Crippen molar-refractivity contribution >= 4 is 0 Å². The van der Waals surface area contributed by atoms with Crippen molar-refractivity contribution in [1.29, 1.82) is 0 Å². The van der Waals surface area contributed by atoms with Crippen LogP contribution in [0.4, 0.5) is 8.78 Å². The fourth-order valence-electron chi connectivity index (χ4n) is 4.11. The van der Waals surface area contributed by atoms with Crippen molar-refractivity contribution in [3.8, 4) is 5.75 Å². The number of aromatic hydroxyl groups is 1. The molecule has 0 bridgehead atoms. The average Bonchev–Trinajstić information content (AvgIpc) is 2.65. The van der Waals surface area contributed by atoms with Gasteiger partial charge in [-0.1, -0.05) is 25.0 Å². The quantitative estimate of drug-likeness (QED) is 0.572. The Morgan fingerprint density at radius 1 is 0.923 bits per heavy atom. The Labute approximate surface area is 155 Å². The van der Waals surface area contributed by atoms with Crippen LogP contribution in [0.2, 0.25) is 0 Å². The highest BCUT2D eigenvalue weighted by molar-refractivity contribution is 5.28. The lowest BCUT2D eigenvalue weighted by Gasteiger charge is -2.29. The second-order valence-electron chi connectivity index (χ2n) is 7.74. The molecule has 1 aliphatic carbocycles. The lowest BCUT2D eigenvalue weighted by molar-refractivity contribution is 0.302. The van der Waals surface area contributed by atoms with E-state index in [0.717, 1.165) is 43.6 Å². The SMILES string of the molecule is Cc1c(F)cc(C2CCC(CCCCc3ccc(O)cc3)CC2)cc1F. The lowest BCUT2D eigenvalue weighted by Crippen LogP contribution is -2.14. The van der Waals surface area contributed by atoms with E-state index in [1.165, 1.54) is 43.9 Å². The van der Waals surface area contributed by atoms with Gasteiger partial charge in [-0.3, -0.25) is 0 Å². The molecule has 1 N–H and O–H groups in total. The Balaban J connectivity index is 1.40. The molecule has 3 rings (SSSR count). The summed E-state index contributed by atoms with van der Waals surface area (Å²) in [5.74, 6) is 0.519. The summed E-state index contributed by atoms with van der Waals surface area (Å²) in [5, 5.41) is 9.30. The number of hydrogen-bond acceptors (Lipinski definition) is 1. The molecule has 0 aromatic heterocycles. The highest BCUT2D eigenvalue weighted by Gasteiger charge is 2.23. The number of hydrogen-bond donors (Lipinski definition) is 1. The van der Waals surface area contributed by atoms with Crippen molar-refractivity contribution in [2.45, 2.75) is 64.2 Å². The van der Waals surface area contributed by atoms with Crippen LogP contribution in [0, 0.1) is 24.5 Å². The summed E-state index contributed by atoms with van der Waals surface area (Å²) >= 11 is 0. The Hall–Kier alpha value is -1.90. The molecule has 1 saturated carbocycles. The van der Waals surface area contributed by atoms with E-state index < -0.39 is 11.6 Å². The molecule has 0 radical (unpaired) electrons. The first-order valence-corrected chi connectivity index (χ1v) is 9.76. The van der Waals surface area contributed by atoms with E-state index in [2.05, 4.69) is 0 Å². The number of unbranched alkanes of at least 4 members (excludes halogenated alkanes) is 1. The molecule has 2 aromatic carbocycles. The third-order valence-electron chi connectivity index (χ3n) is 5.89. The van der Waals surface area contributed by atoms with Gasteiger partial charge in [0.1, 0.15) is 17.4 Å². The zero-order valence-electron chi connectivity index (χ0n) is 15.5. The zero-order valence-corrected chi connectivity index (χ0v) is 15.5. The molecule has 0 saturated heterocycles. The Morgan fingerprint density at radius 3 is 2.15 bits per heavy atom. The first-order chi connectivity index (χ1) is 12.5. The van der Waals surface area contributed by atoms with Crippen LogP contribution in [0.5, 0.6) is 5.75 Å². The minimum atomic E-state index is -0.420. The Morgan fingerprint density at radius 2 is 1.54 bits per heavy atom. The third kappa shape index (κ3) is 4.84. The maximum Gasteiger partial charge on any atom is 0.129 e. The van der Waals surface area contributed by atoms with Gasteiger partial charge in [-0.05, 0) is 92.7 Å². The molecule has 1 aliphatic rings. The molecule has 0 atom stereocenters. The van der Waals surface area contributed by atoms with E-state index >= 15 is 0 Å². The van der Waals surface area contributed by atoms with Crippen molar-refractivity contribution in [3.05, 3.63) is 64.7 Å². The summed E-state index contributed by atoms with van der Waals surface area (Å²) in [6.07, 6.45) is 9.04. The summed E-state index contributed by atoms with van der Waals surface area (Å²) in [6.45, 7) is 1.49. The van der Waals surface area contributed by atoms with Crippen LogP contribution < -0.4 is 0 Å². The van der Waals surface area contributed by atoms with Crippen LogP contribution in [0.3, 0.4) is 0 Å². The van der Waals surface area contributed by atoms with Gasteiger partial charge in [0.05, 0.1) is 0 Å². The first-order valence-electron chi connectivity index (χ1n) is 9.76. The van der Waals surface area contributed by atoms with Gasteiger partial charge in [-0.15, -0.1) is 0 Å². The van der Waals surface area contributed by atoms with Crippen molar-refractivity contribution in [2.24, 2.45) is 5.92 Å². The van der Waals surface area contributed by atoms with Crippen molar-refractivity contribution in [3.63, 3.8) is 0 Å². The lowest BCUT2D eigenvalue weighted by atomic mass is 9.77. The molecular formula is C23H28F2O. The molecule has 2 aromatic rings. The summed E-state index contributed by atoms with van der Waals surface area (Å²) in [6, 6.07) is 10.5. The van der Waals surface area contributed by atoms with Crippen LogP contribution in [0.25, 0.3) is 0 Å². The predicted molar refractivity (Wildman–Crippen MR) is 101 cm³/mol. The van der Waals surface area contributed by atoms with Crippen LogP contribution in [0.15, 0.2) is 36.4 Å². The molecular weight excluding hydrogens is 330 g/mol. The number of rotatable bonds is 6. The summed E-state index contributed by atoms with van der Waals surface area (Å²) in [5.41, 5.74) is 2.22. The number of phenols is 1. The van der Waals surface area contributed by atoms with E-state index in [-0.39, 0.29) is 5.56 Å². The van der Waals surface area contributed by atoms with Crippen molar-refractivity contribution in [1.82, 2.24) is 0 Å². The number of aryl methyl sites for hydroxylation is 1. The number of benzene rings is 2. The van der Waals surface area contributed by atoms with Crippen molar-refractivity contribution in [2.75, 3.05) is 0 Å². The number of halogens is 2. The van der Waals surface area contributed by atoms with Gasteiger partial charge >= 0.3 is 0 Å². The second kappa shape index (κ2) is 8.66. The van der Waals surface area contributed by atoms with E-state index in [1.54, 1.807) is 12.1 Å². The highest BCUT2D eigenvalue weighted by Crippen LogP contribution is 2.38. The molecule has 0 heterocycles. The average molecular weight is 358 g/mol. The minimum Gasteiger partial charge on any atom is -0.508 e. The normalized spacial score (nSPS) is 20.3. The van der Waals surface area contributed by atoms with Gasteiger partial charge < -0.3 is 5.11 Å². The molecule has 3 heteroatoms. The maximum absolute atomic E-state index is 13.8. The van der Waals surface area contributed by atoms with Gasteiger partial charge in [0.25, 0.3) is 0 Å². The Bertz CT molecular complexity index is 692. The first kappa shape index (κ1) is 18.9. The van der Waals surface area contributed by atoms with Gasteiger partial charge in [-0.2, -0.15) is 0 Å². The standard InChI is InChI=1S/C23H28F2O/c1-16-22(24)14-20(15-23(16)25)19-10-6-17(7-11-19)4-2-3-5-18-8-12-21(26)13-9-18/h8-9,12-15,17,19,26H,2-7,10-11H2,1H3. The van der Waals surface area contributed by atoms with Gasteiger partial charge in [0.15, 0.2) is 0 Å². The fourth-order valence-corrected chi connectivity index (χ4v) is 4.11. The molecule has 1 nitrogen and oxygen atoms in total. The van der Waals surface area contributed by atoms with Gasteiger partial charge in [0.2, 0.25) is 0 Å². The van der Waals surface area contributed by atoms with Gasteiger partial charge in [-0.25, -0.2) is 8.78 Å².